The molecule has 4 heteroatoms. The molecular weight excluding hydrogens is 226 g/mol. The molecule has 0 saturated carbocycles. The van der Waals surface area contributed by atoms with E-state index in [0.29, 0.717) is 6.04 Å². The Morgan fingerprint density at radius 2 is 2.11 bits per heavy atom. The highest BCUT2D eigenvalue weighted by molar-refractivity contribution is 5.10. The van der Waals surface area contributed by atoms with Gasteiger partial charge in [0.15, 0.2) is 0 Å². The van der Waals surface area contributed by atoms with E-state index in [-0.39, 0.29) is 0 Å². The Hall–Kier alpha value is -0.870. The van der Waals surface area contributed by atoms with Gasteiger partial charge in [-0.05, 0) is 32.7 Å². The minimum Gasteiger partial charge on any atom is -0.381 e. The number of aromatic nitrogens is 2. The Morgan fingerprint density at radius 3 is 2.72 bits per heavy atom. The molecule has 0 aliphatic rings. The lowest BCUT2D eigenvalue weighted by atomic mass is 10.1. The van der Waals surface area contributed by atoms with Crippen molar-refractivity contribution in [1.82, 2.24) is 15.1 Å². The molecule has 0 fully saturated rings. The molecule has 1 heterocycles. The summed E-state index contributed by atoms with van der Waals surface area (Å²) in [6.45, 7) is 10.1. The van der Waals surface area contributed by atoms with E-state index in [4.69, 9.17) is 4.74 Å². The number of nitrogens with one attached hydrogen (secondary N) is 1. The van der Waals surface area contributed by atoms with Gasteiger partial charge in [-0.15, -0.1) is 0 Å². The van der Waals surface area contributed by atoms with Gasteiger partial charge in [-0.25, -0.2) is 0 Å². The first-order chi connectivity index (χ1) is 8.81. The maximum absolute atomic E-state index is 5.58. The van der Waals surface area contributed by atoms with Crippen LogP contribution < -0.4 is 5.32 Å². The zero-order chi connectivity index (χ0) is 13.2. The fourth-order valence-corrected chi connectivity index (χ4v) is 1.89. The first-order valence-electron chi connectivity index (χ1n) is 7.15. The largest absolute Gasteiger partial charge is 0.381 e. The van der Waals surface area contributed by atoms with Crippen LogP contribution >= 0.6 is 0 Å². The third kappa shape index (κ3) is 5.19. The van der Waals surface area contributed by atoms with Crippen molar-refractivity contribution >= 4 is 0 Å². The zero-order valence-corrected chi connectivity index (χ0v) is 12.0. The third-order valence-electron chi connectivity index (χ3n) is 2.92. The highest BCUT2D eigenvalue weighted by Gasteiger charge is 2.12. The van der Waals surface area contributed by atoms with Crippen molar-refractivity contribution in [2.75, 3.05) is 19.8 Å². The minimum atomic E-state index is 0.363. The smallest absolute Gasteiger partial charge is 0.0537 e. The average molecular weight is 253 g/mol. The maximum Gasteiger partial charge on any atom is 0.0537 e. The van der Waals surface area contributed by atoms with Crippen LogP contribution in [-0.2, 0) is 11.3 Å². The van der Waals surface area contributed by atoms with Crippen molar-refractivity contribution in [3.63, 3.8) is 0 Å². The van der Waals surface area contributed by atoms with Gasteiger partial charge in [-0.2, -0.15) is 5.10 Å². The minimum absolute atomic E-state index is 0.363. The summed E-state index contributed by atoms with van der Waals surface area (Å²) in [6.07, 6.45) is 7.34. The molecular formula is C14H27N3O. The zero-order valence-electron chi connectivity index (χ0n) is 12.0. The molecule has 1 aromatic rings. The van der Waals surface area contributed by atoms with Crippen molar-refractivity contribution in [2.24, 2.45) is 0 Å². The van der Waals surface area contributed by atoms with Crippen molar-refractivity contribution in [2.45, 2.75) is 52.6 Å². The summed E-state index contributed by atoms with van der Waals surface area (Å²) in [5, 5.41) is 7.91. The monoisotopic (exact) mass is 253 g/mol. The lowest BCUT2D eigenvalue weighted by molar-refractivity contribution is 0.124. The van der Waals surface area contributed by atoms with Gasteiger partial charge >= 0.3 is 0 Å². The van der Waals surface area contributed by atoms with Crippen LogP contribution in [0.2, 0.25) is 0 Å². The van der Waals surface area contributed by atoms with Crippen molar-refractivity contribution < 1.29 is 4.74 Å². The third-order valence-corrected chi connectivity index (χ3v) is 2.92. The van der Waals surface area contributed by atoms with E-state index in [1.807, 2.05) is 10.9 Å². The number of ether oxygens (including phenoxy) is 1. The molecule has 1 aromatic heterocycles. The Balaban J connectivity index is 2.48. The molecule has 0 saturated heterocycles. The molecule has 0 radical (unpaired) electrons. The maximum atomic E-state index is 5.58. The van der Waals surface area contributed by atoms with Gasteiger partial charge < -0.3 is 10.1 Å². The van der Waals surface area contributed by atoms with E-state index >= 15 is 0 Å². The van der Waals surface area contributed by atoms with Crippen LogP contribution in [0.3, 0.4) is 0 Å². The van der Waals surface area contributed by atoms with E-state index in [1.54, 1.807) is 0 Å². The SMILES string of the molecule is CCCNC(CCOCCC)c1cnn(CC)c1. The Labute approximate surface area is 111 Å². The number of nitrogens with zero attached hydrogens (tertiary/aromatic N) is 2. The number of hydrogen-bond acceptors (Lipinski definition) is 3. The normalized spacial score (nSPS) is 12.8. The summed E-state index contributed by atoms with van der Waals surface area (Å²) in [5.74, 6) is 0. The van der Waals surface area contributed by atoms with E-state index in [0.717, 1.165) is 45.6 Å². The van der Waals surface area contributed by atoms with E-state index < -0.39 is 0 Å². The van der Waals surface area contributed by atoms with Crippen LogP contribution in [0.25, 0.3) is 0 Å². The van der Waals surface area contributed by atoms with Gasteiger partial charge in [-0.1, -0.05) is 13.8 Å². The quantitative estimate of drug-likeness (QED) is 0.652. The Bertz CT molecular complexity index is 312. The summed E-state index contributed by atoms with van der Waals surface area (Å²) < 4.78 is 7.56. The van der Waals surface area contributed by atoms with E-state index in [1.165, 1.54) is 5.56 Å². The topological polar surface area (TPSA) is 39.1 Å². The molecule has 0 bridgehead atoms. The number of rotatable bonds is 10. The van der Waals surface area contributed by atoms with Crippen molar-refractivity contribution in [3.05, 3.63) is 18.0 Å². The predicted molar refractivity (Wildman–Crippen MR) is 74.7 cm³/mol. The Morgan fingerprint density at radius 1 is 1.28 bits per heavy atom. The molecule has 0 amide bonds. The molecule has 0 aromatic carbocycles. The second kappa shape index (κ2) is 9.11. The van der Waals surface area contributed by atoms with Crippen LogP contribution in [0.4, 0.5) is 0 Å². The van der Waals surface area contributed by atoms with Gasteiger partial charge in [0.1, 0.15) is 0 Å². The summed E-state index contributed by atoms with van der Waals surface area (Å²) in [5.41, 5.74) is 1.27. The molecule has 1 N–H and O–H groups in total. The highest BCUT2D eigenvalue weighted by Crippen LogP contribution is 2.16. The van der Waals surface area contributed by atoms with Crippen LogP contribution in [0.5, 0.6) is 0 Å². The van der Waals surface area contributed by atoms with Gasteiger partial charge in [0.25, 0.3) is 0 Å². The molecule has 18 heavy (non-hydrogen) atoms. The van der Waals surface area contributed by atoms with Crippen LogP contribution in [-0.4, -0.2) is 29.5 Å². The van der Waals surface area contributed by atoms with E-state index in [9.17, 15) is 0 Å². The summed E-state index contributed by atoms with van der Waals surface area (Å²) in [6, 6.07) is 0.363. The molecule has 0 aliphatic heterocycles. The first kappa shape index (κ1) is 15.2. The number of hydrogen-bond donors (Lipinski definition) is 1. The lowest BCUT2D eigenvalue weighted by Gasteiger charge is -2.17. The van der Waals surface area contributed by atoms with Gasteiger partial charge in [0, 0.05) is 37.6 Å². The van der Waals surface area contributed by atoms with Crippen LogP contribution in [0, 0.1) is 0 Å². The molecule has 0 aliphatic carbocycles. The molecule has 0 spiro atoms. The standard InChI is InChI=1S/C14H27N3O/c1-4-8-15-14(7-10-18-9-5-2)13-11-16-17(6-3)12-13/h11-12,14-15H,4-10H2,1-3H3. The lowest BCUT2D eigenvalue weighted by Crippen LogP contribution is -2.23. The fourth-order valence-electron chi connectivity index (χ4n) is 1.89. The second-order valence-electron chi connectivity index (χ2n) is 4.54. The second-order valence-corrected chi connectivity index (χ2v) is 4.54. The molecule has 104 valence electrons. The predicted octanol–water partition coefficient (Wildman–Crippen LogP) is 2.76. The first-order valence-corrected chi connectivity index (χ1v) is 7.15. The molecule has 1 rings (SSSR count). The average Bonchev–Trinajstić information content (AvgIpc) is 2.86. The number of aryl methyl sites for hydroxylation is 1. The Kier molecular flexibility index (Phi) is 7.69. The molecule has 4 nitrogen and oxygen atoms in total. The van der Waals surface area contributed by atoms with Crippen molar-refractivity contribution in [1.29, 1.82) is 0 Å². The van der Waals surface area contributed by atoms with Crippen LogP contribution in [0.1, 0.15) is 51.6 Å². The van der Waals surface area contributed by atoms with Gasteiger partial charge in [0.05, 0.1) is 6.20 Å². The van der Waals surface area contributed by atoms with Gasteiger partial charge in [0.2, 0.25) is 0 Å². The molecule has 1 atom stereocenters. The summed E-state index contributed by atoms with van der Waals surface area (Å²) in [4.78, 5) is 0. The summed E-state index contributed by atoms with van der Waals surface area (Å²) in [7, 11) is 0. The molecule has 1 unspecified atom stereocenters. The fraction of sp³-hybridized carbons (Fsp3) is 0.786. The highest BCUT2D eigenvalue weighted by atomic mass is 16.5. The van der Waals surface area contributed by atoms with Gasteiger partial charge in [-0.3, -0.25) is 4.68 Å². The van der Waals surface area contributed by atoms with Crippen molar-refractivity contribution in [3.8, 4) is 0 Å². The summed E-state index contributed by atoms with van der Waals surface area (Å²) >= 11 is 0. The van der Waals surface area contributed by atoms with E-state index in [2.05, 4.69) is 37.4 Å². The van der Waals surface area contributed by atoms with Crippen LogP contribution in [0.15, 0.2) is 12.4 Å².